The van der Waals surface area contributed by atoms with Gasteiger partial charge in [-0.25, -0.2) is 4.79 Å². The van der Waals surface area contributed by atoms with Gasteiger partial charge in [-0.2, -0.15) is 0 Å². The summed E-state index contributed by atoms with van der Waals surface area (Å²) in [5.74, 6) is -0.299. The van der Waals surface area contributed by atoms with Crippen LogP contribution in [0.3, 0.4) is 0 Å². The highest BCUT2D eigenvalue weighted by Gasteiger charge is 1.90. The van der Waals surface area contributed by atoms with Crippen LogP contribution in [0.1, 0.15) is 12.5 Å². The summed E-state index contributed by atoms with van der Waals surface area (Å²) in [4.78, 5) is 10.9. The highest BCUT2D eigenvalue weighted by Crippen LogP contribution is 1.99. The van der Waals surface area contributed by atoms with Gasteiger partial charge in [-0.3, -0.25) is 0 Å². The van der Waals surface area contributed by atoms with Gasteiger partial charge in [0.1, 0.15) is 0 Å². The molecule has 0 atom stereocenters. The number of esters is 1. The predicted octanol–water partition coefficient (Wildman–Crippen LogP) is 2.90. The van der Waals surface area contributed by atoms with Crippen molar-refractivity contribution >= 4 is 5.97 Å². The van der Waals surface area contributed by atoms with E-state index in [9.17, 15) is 4.79 Å². The molecule has 0 aliphatic rings. The molecule has 2 nitrogen and oxygen atoms in total. The van der Waals surface area contributed by atoms with Crippen molar-refractivity contribution in [2.45, 2.75) is 13.3 Å². The van der Waals surface area contributed by atoms with Gasteiger partial charge in [-0.05, 0) is 18.9 Å². The van der Waals surface area contributed by atoms with Crippen LogP contribution in [0.5, 0.6) is 0 Å². The fourth-order valence-electron chi connectivity index (χ4n) is 1.22. The number of carbonyl (C=O) groups excluding carboxylic acids is 1. The Kier molecular flexibility index (Phi) is 5.71. The van der Waals surface area contributed by atoms with Crippen LogP contribution in [-0.4, -0.2) is 12.6 Å². The molecule has 0 aliphatic carbocycles. The average molecular weight is 216 g/mol. The quantitative estimate of drug-likeness (QED) is 0.430. The summed E-state index contributed by atoms with van der Waals surface area (Å²) in [6.07, 6.45) is 7.84. The minimum absolute atomic E-state index is 0.299. The highest BCUT2D eigenvalue weighted by atomic mass is 16.5. The zero-order valence-corrected chi connectivity index (χ0v) is 9.43. The summed E-state index contributed by atoms with van der Waals surface area (Å²) in [6.45, 7) is 2.20. The van der Waals surface area contributed by atoms with Crippen molar-refractivity contribution in [3.8, 4) is 0 Å². The first-order valence-electron chi connectivity index (χ1n) is 5.37. The van der Waals surface area contributed by atoms with Crippen LogP contribution in [-0.2, 0) is 16.0 Å². The van der Waals surface area contributed by atoms with Crippen LogP contribution in [0.15, 0.2) is 54.6 Å². The molecule has 0 heterocycles. The van der Waals surface area contributed by atoms with Crippen LogP contribution in [0.2, 0.25) is 0 Å². The fraction of sp³-hybridized carbons (Fsp3) is 0.214. The molecule has 0 unspecified atom stereocenters. The summed E-state index contributed by atoms with van der Waals surface area (Å²) >= 11 is 0. The molecular weight excluding hydrogens is 200 g/mol. The second kappa shape index (κ2) is 7.46. The van der Waals surface area contributed by atoms with Crippen LogP contribution in [0, 0.1) is 0 Å². The predicted molar refractivity (Wildman–Crippen MR) is 65.1 cm³/mol. The Morgan fingerprint density at radius 1 is 1.25 bits per heavy atom. The lowest BCUT2D eigenvalue weighted by Gasteiger charge is -1.93. The molecule has 0 aliphatic heterocycles. The van der Waals surface area contributed by atoms with Gasteiger partial charge in [0.15, 0.2) is 0 Å². The Bertz CT molecular complexity index is 364. The molecule has 0 aromatic heterocycles. The van der Waals surface area contributed by atoms with E-state index in [1.807, 2.05) is 30.4 Å². The second-order valence-corrected chi connectivity index (χ2v) is 3.23. The molecule has 0 N–H and O–H groups in total. The molecule has 1 aromatic rings. The van der Waals surface area contributed by atoms with Gasteiger partial charge in [0.25, 0.3) is 0 Å². The van der Waals surface area contributed by atoms with E-state index in [2.05, 4.69) is 12.1 Å². The molecule has 0 fully saturated rings. The zero-order valence-electron chi connectivity index (χ0n) is 9.43. The second-order valence-electron chi connectivity index (χ2n) is 3.23. The Hall–Kier alpha value is -1.83. The van der Waals surface area contributed by atoms with E-state index in [0.29, 0.717) is 6.61 Å². The number of hydrogen-bond acceptors (Lipinski definition) is 2. The molecule has 1 aromatic carbocycles. The summed E-state index contributed by atoms with van der Waals surface area (Å²) in [5, 5.41) is 0. The zero-order chi connectivity index (χ0) is 11.6. The lowest BCUT2D eigenvalue weighted by atomic mass is 10.1. The summed E-state index contributed by atoms with van der Waals surface area (Å²) in [7, 11) is 0. The standard InChI is InChI=1S/C14H16O2/c1-2-16-14(15)12-8-4-7-11-13-9-5-3-6-10-13/h3-10,12H,2,11H2,1H3. The summed E-state index contributed by atoms with van der Waals surface area (Å²) in [6, 6.07) is 10.2. The maximum Gasteiger partial charge on any atom is 0.330 e. The molecule has 2 heteroatoms. The maximum absolute atomic E-state index is 10.9. The molecule has 0 spiro atoms. The monoisotopic (exact) mass is 216 g/mol. The number of allylic oxidation sites excluding steroid dienone is 3. The first-order chi connectivity index (χ1) is 7.83. The molecule has 0 saturated carbocycles. The van der Waals surface area contributed by atoms with Crippen molar-refractivity contribution in [2.24, 2.45) is 0 Å². The summed E-state index contributed by atoms with van der Waals surface area (Å²) < 4.78 is 4.75. The van der Waals surface area contributed by atoms with Crippen LogP contribution in [0.25, 0.3) is 0 Å². The minimum Gasteiger partial charge on any atom is -0.463 e. The van der Waals surface area contributed by atoms with E-state index in [1.165, 1.54) is 11.6 Å². The van der Waals surface area contributed by atoms with Gasteiger partial charge in [0.05, 0.1) is 6.61 Å². The molecule has 1 rings (SSSR count). The third kappa shape index (κ3) is 5.15. The van der Waals surface area contributed by atoms with E-state index < -0.39 is 0 Å². The lowest BCUT2D eigenvalue weighted by molar-refractivity contribution is -0.137. The first kappa shape index (κ1) is 12.2. The number of benzene rings is 1. The first-order valence-corrected chi connectivity index (χ1v) is 5.37. The van der Waals surface area contributed by atoms with E-state index in [1.54, 1.807) is 13.0 Å². The van der Waals surface area contributed by atoms with E-state index in [-0.39, 0.29) is 5.97 Å². The van der Waals surface area contributed by atoms with E-state index >= 15 is 0 Å². The molecule has 0 saturated heterocycles. The minimum atomic E-state index is -0.299. The van der Waals surface area contributed by atoms with Gasteiger partial charge in [0, 0.05) is 6.08 Å². The Labute approximate surface area is 96.2 Å². The normalized spacial score (nSPS) is 11.1. The lowest BCUT2D eigenvalue weighted by Crippen LogP contribution is -1.98. The highest BCUT2D eigenvalue weighted by molar-refractivity contribution is 5.82. The number of ether oxygens (including phenoxy) is 1. The van der Waals surface area contributed by atoms with Crippen molar-refractivity contribution in [1.29, 1.82) is 0 Å². The van der Waals surface area contributed by atoms with E-state index in [4.69, 9.17) is 4.74 Å². The van der Waals surface area contributed by atoms with Gasteiger partial charge < -0.3 is 4.74 Å². The molecule has 0 radical (unpaired) electrons. The van der Waals surface area contributed by atoms with Crippen LogP contribution >= 0.6 is 0 Å². The Morgan fingerprint density at radius 2 is 2.00 bits per heavy atom. The van der Waals surface area contributed by atoms with Gasteiger partial charge in [-0.1, -0.05) is 48.6 Å². The molecular formula is C14H16O2. The molecule has 84 valence electrons. The third-order valence-electron chi connectivity index (χ3n) is 1.96. The van der Waals surface area contributed by atoms with E-state index in [0.717, 1.165) is 6.42 Å². The van der Waals surface area contributed by atoms with Crippen molar-refractivity contribution in [3.63, 3.8) is 0 Å². The average Bonchev–Trinajstić information content (AvgIpc) is 2.30. The van der Waals surface area contributed by atoms with Crippen LogP contribution in [0.4, 0.5) is 0 Å². The molecule has 0 bridgehead atoms. The van der Waals surface area contributed by atoms with Gasteiger partial charge in [-0.15, -0.1) is 0 Å². The topological polar surface area (TPSA) is 26.3 Å². The van der Waals surface area contributed by atoms with Crippen LogP contribution < -0.4 is 0 Å². The fourth-order valence-corrected chi connectivity index (χ4v) is 1.22. The summed E-state index contributed by atoms with van der Waals surface area (Å²) in [5.41, 5.74) is 1.25. The van der Waals surface area contributed by atoms with Gasteiger partial charge in [0.2, 0.25) is 0 Å². The third-order valence-corrected chi connectivity index (χ3v) is 1.96. The molecule has 0 amide bonds. The number of rotatable bonds is 5. The smallest absolute Gasteiger partial charge is 0.330 e. The van der Waals surface area contributed by atoms with Crippen molar-refractivity contribution < 1.29 is 9.53 Å². The largest absolute Gasteiger partial charge is 0.463 e. The number of hydrogen-bond donors (Lipinski definition) is 0. The Balaban J connectivity index is 2.30. The SMILES string of the molecule is CCOC(=O)C=CC=CCc1ccccc1. The van der Waals surface area contributed by atoms with Gasteiger partial charge >= 0.3 is 5.97 Å². The van der Waals surface area contributed by atoms with Crippen molar-refractivity contribution in [2.75, 3.05) is 6.61 Å². The molecule has 16 heavy (non-hydrogen) atoms. The maximum atomic E-state index is 10.9. The number of carbonyl (C=O) groups is 1. The van der Waals surface area contributed by atoms with Crippen molar-refractivity contribution in [1.82, 2.24) is 0 Å². The Morgan fingerprint density at radius 3 is 2.69 bits per heavy atom. The van der Waals surface area contributed by atoms with Crippen molar-refractivity contribution in [3.05, 3.63) is 60.2 Å².